The molecule has 3 heteroatoms. The van der Waals surface area contributed by atoms with Gasteiger partial charge in [0.25, 0.3) is 0 Å². The van der Waals surface area contributed by atoms with Gasteiger partial charge in [-0.2, -0.15) is 0 Å². The Bertz CT molecular complexity index is 510. The number of benzene rings is 2. The van der Waals surface area contributed by atoms with Gasteiger partial charge in [-0.3, -0.25) is 0 Å². The summed E-state index contributed by atoms with van der Waals surface area (Å²) in [6, 6.07) is 16.3. The normalized spacial score (nSPS) is 12.4. The Kier molecular flexibility index (Phi) is 4.70. The van der Waals surface area contributed by atoms with Crippen LogP contribution >= 0.6 is 23.4 Å². The van der Waals surface area contributed by atoms with E-state index in [2.05, 4.69) is 31.2 Å². The van der Waals surface area contributed by atoms with Crippen molar-refractivity contribution in [2.24, 2.45) is 5.73 Å². The lowest BCUT2D eigenvalue weighted by Gasteiger charge is -2.12. The third-order valence-electron chi connectivity index (χ3n) is 2.72. The standard InChI is InChI=1S/C15H16ClNS/c1-11-3-2-4-14(9-11)18-10-15(17)12-5-7-13(16)8-6-12/h2-9,15H,10,17H2,1H3. The van der Waals surface area contributed by atoms with Crippen molar-refractivity contribution >= 4 is 23.4 Å². The molecule has 94 valence electrons. The van der Waals surface area contributed by atoms with Crippen LogP contribution < -0.4 is 5.73 Å². The maximum Gasteiger partial charge on any atom is 0.0406 e. The van der Waals surface area contributed by atoms with Crippen LogP contribution in [0.1, 0.15) is 17.2 Å². The molecule has 2 N–H and O–H groups in total. The Morgan fingerprint density at radius 2 is 1.89 bits per heavy atom. The fraction of sp³-hybridized carbons (Fsp3) is 0.200. The van der Waals surface area contributed by atoms with Crippen LogP contribution in [-0.4, -0.2) is 5.75 Å². The Labute approximate surface area is 117 Å². The highest BCUT2D eigenvalue weighted by atomic mass is 35.5. The van der Waals surface area contributed by atoms with Crippen molar-refractivity contribution in [2.45, 2.75) is 17.9 Å². The highest BCUT2D eigenvalue weighted by Gasteiger charge is 2.06. The first-order valence-electron chi connectivity index (χ1n) is 5.85. The zero-order valence-corrected chi connectivity index (χ0v) is 11.8. The fourth-order valence-corrected chi connectivity index (χ4v) is 2.83. The summed E-state index contributed by atoms with van der Waals surface area (Å²) >= 11 is 7.64. The Morgan fingerprint density at radius 1 is 1.17 bits per heavy atom. The molecular formula is C15H16ClNS. The van der Waals surface area contributed by atoms with E-state index in [-0.39, 0.29) is 6.04 Å². The third kappa shape index (κ3) is 3.77. The van der Waals surface area contributed by atoms with E-state index in [1.165, 1.54) is 10.5 Å². The van der Waals surface area contributed by atoms with Gasteiger partial charge >= 0.3 is 0 Å². The molecule has 0 aliphatic heterocycles. The van der Waals surface area contributed by atoms with E-state index < -0.39 is 0 Å². The van der Waals surface area contributed by atoms with Gasteiger partial charge in [0.15, 0.2) is 0 Å². The lowest BCUT2D eigenvalue weighted by molar-refractivity contribution is 0.831. The highest BCUT2D eigenvalue weighted by molar-refractivity contribution is 7.99. The largest absolute Gasteiger partial charge is 0.323 e. The van der Waals surface area contributed by atoms with E-state index in [1.54, 1.807) is 11.8 Å². The molecule has 0 saturated heterocycles. The van der Waals surface area contributed by atoms with E-state index in [9.17, 15) is 0 Å². The molecule has 0 fully saturated rings. The summed E-state index contributed by atoms with van der Waals surface area (Å²) in [5.74, 6) is 0.866. The number of aryl methyl sites for hydroxylation is 1. The number of nitrogens with two attached hydrogens (primary N) is 1. The molecule has 18 heavy (non-hydrogen) atoms. The van der Waals surface area contributed by atoms with Crippen LogP contribution in [0.4, 0.5) is 0 Å². The van der Waals surface area contributed by atoms with Gasteiger partial charge in [0.05, 0.1) is 0 Å². The van der Waals surface area contributed by atoms with Crippen LogP contribution in [0.25, 0.3) is 0 Å². The molecule has 2 aromatic rings. The second kappa shape index (κ2) is 6.28. The zero-order chi connectivity index (χ0) is 13.0. The maximum atomic E-state index is 6.17. The molecule has 0 saturated carbocycles. The van der Waals surface area contributed by atoms with Gasteiger partial charge in [-0.25, -0.2) is 0 Å². The summed E-state index contributed by atoms with van der Waals surface area (Å²) in [5.41, 5.74) is 8.57. The zero-order valence-electron chi connectivity index (χ0n) is 10.3. The van der Waals surface area contributed by atoms with Crippen LogP contribution in [0.5, 0.6) is 0 Å². The Hall–Kier alpha value is -0.960. The molecule has 2 aromatic carbocycles. The first-order valence-corrected chi connectivity index (χ1v) is 7.22. The topological polar surface area (TPSA) is 26.0 Å². The second-order valence-corrected chi connectivity index (χ2v) is 5.82. The molecule has 1 nitrogen and oxygen atoms in total. The van der Waals surface area contributed by atoms with Gasteiger partial charge < -0.3 is 5.73 Å². The van der Waals surface area contributed by atoms with Crippen LogP contribution in [-0.2, 0) is 0 Å². The van der Waals surface area contributed by atoms with E-state index in [1.807, 2.05) is 24.3 Å². The molecule has 0 bridgehead atoms. The first kappa shape index (κ1) is 13.5. The molecule has 0 heterocycles. The summed E-state index contributed by atoms with van der Waals surface area (Å²) < 4.78 is 0. The van der Waals surface area contributed by atoms with E-state index in [4.69, 9.17) is 17.3 Å². The minimum atomic E-state index is 0.0350. The average molecular weight is 278 g/mol. The van der Waals surface area contributed by atoms with Crippen molar-refractivity contribution in [2.75, 3.05) is 5.75 Å². The van der Waals surface area contributed by atoms with Gasteiger partial charge in [-0.1, -0.05) is 41.4 Å². The number of halogens is 1. The molecule has 0 amide bonds. The number of hydrogen-bond donors (Lipinski definition) is 1. The minimum Gasteiger partial charge on any atom is -0.323 e. The number of rotatable bonds is 4. The summed E-state index contributed by atoms with van der Waals surface area (Å²) in [4.78, 5) is 1.26. The SMILES string of the molecule is Cc1cccc(SCC(N)c2ccc(Cl)cc2)c1. The lowest BCUT2D eigenvalue weighted by Crippen LogP contribution is -2.12. The quantitative estimate of drug-likeness (QED) is 0.836. The molecule has 0 spiro atoms. The highest BCUT2D eigenvalue weighted by Crippen LogP contribution is 2.24. The van der Waals surface area contributed by atoms with E-state index >= 15 is 0 Å². The van der Waals surface area contributed by atoms with Crippen LogP contribution in [0.15, 0.2) is 53.4 Å². The second-order valence-electron chi connectivity index (χ2n) is 4.29. The van der Waals surface area contributed by atoms with Crippen molar-refractivity contribution in [1.82, 2.24) is 0 Å². The number of hydrogen-bond acceptors (Lipinski definition) is 2. The van der Waals surface area contributed by atoms with Crippen molar-refractivity contribution in [1.29, 1.82) is 0 Å². The van der Waals surface area contributed by atoms with Gasteiger partial charge in [0, 0.05) is 21.7 Å². The number of thioether (sulfide) groups is 1. The molecule has 1 atom stereocenters. The smallest absolute Gasteiger partial charge is 0.0406 e. The van der Waals surface area contributed by atoms with Crippen molar-refractivity contribution in [3.05, 3.63) is 64.7 Å². The van der Waals surface area contributed by atoms with Gasteiger partial charge in [0.2, 0.25) is 0 Å². The monoisotopic (exact) mass is 277 g/mol. The van der Waals surface area contributed by atoms with E-state index in [0.717, 1.165) is 16.3 Å². The van der Waals surface area contributed by atoms with Crippen LogP contribution in [0.3, 0.4) is 0 Å². The summed E-state index contributed by atoms with van der Waals surface area (Å²) in [6.07, 6.45) is 0. The summed E-state index contributed by atoms with van der Waals surface area (Å²) in [6.45, 7) is 2.10. The Balaban J connectivity index is 1.96. The molecule has 0 aliphatic carbocycles. The van der Waals surface area contributed by atoms with Crippen molar-refractivity contribution < 1.29 is 0 Å². The predicted octanol–water partition coefficient (Wildman–Crippen LogP) is 4.44. The first-order chi connectivity index (χ1) is 8.65. The minimum absolute atomic E-state index is 0.0350. The third-order valence-corrected chi connectivity index (χ3v) is 4.08. The molecular weight excluding hydrogens is 262 g/mol. The molecule has 0 aromatic heterocycles. The lowest BCUT2D eigenvalue weighted by atomic mass is 10.1. The maximum absolute atomic E-state index is 6.17. The molecule has 0 radical (unpaired) electrons. The van der Waals surface area contributed by atoms with Crippen molar-refractivity contribution in [3.63, 3.8) is 0 Å². The van der Waals surface area contributed by atoms with Crippen LogP contribution in [0, 0.1) is 6.92 Å². The average Bonchev–Trinajstić information content (AvgIpc) is 2.37. The van der Waals surface area contributed by atoms with Gasteiger partial charge in [-0.05, 0) is 36.8 Å². The van der Waals surface area contributed by atoms with Crippen molar-refractivity contribution in [3.8, 4) is 0 Å². The molecule has 0 aliphatic rings. The Morgan fingerprint density at radius 3 is 2.56 bits per heavy atom. The molecule has 2 rings (SSSR count). The fourth-order valence-electron chi connectivity index (χ4n) is 1.70. The summed E-state index contributed by atoms with van der Waals surface area (Å²) in [5, 5.41) is 0.747. The van der Waals surface area contributed by atoms with Gasteiger partial charge in [0.1, 0.15) is 0 Å². The van der Waals surface area contributed by atoms with Gasteiger partial charge in [-0.15, -0.1) is 11.8 Å². The summed E-state index contributed by atoms with van der Waals surface area (Å²) in [7, 11) is 0. The van der Waals surface area contributed by atoms with Crippen LogP contribution in [0.2, 0.25) is 5.02 Å². The van der Waals surface area contributed by atoms with E-state index in [0.29, 0.717) is 0 Å². The predicted molar refractivity (Wildman–Crippen MR) is 80.3 cm³/mol. The molecule has 1 unspecified atom stereocenters.